The quantitative estimate of drug-likeness (QED) is 0.792. The van der Waals surface area contributed by atoms with Crippen LogP contribution in [0.4, 0.5) is 0 Å². The van der Waals surface area contributed by atoms with E-state index in [1.807, 2.05) is 6.26 Å². The van der Waals surface area contributed by atoms with Crippen LogP contribution in [0.3, 0.4) is 0 Å². The average Bonchev–Trinajstić information content (AvgIpc) is 2.17. The maximum Gasteiger partial charge on any atom is 0.230 e. The summed E-state index contributed by atoms with van der Waals surface area (Å²) in [4.78, 5) is 11.3. The average molecular weight is 253 g/mol. The normalized spacial score (nSPS) is 19.1. The molecule has 0 radical (unpaired) electrons. The van der Waals surface area contributed by atoms with Gasteiger partial charge in [-0.05, 0) is 37.6 Å². The highest BCUT2D eigenvalue weighted by Crippen LogP contribution is 2.26. The maximum atomic E-state index is 11.3. The zero-order valence-electron chi connectivity index (χ0n) is 9.47. The van der Waals surface area contributed by atoms with Crippen molar-refractivity contribution in [3.8, 4) is 0 Å². The molecule has 0 unspecified atom stereocenters. The Morgan fingerprint density at radius 2 is 2.07 bits per heavy atom. The van der Waals surface area contributed by atoms with Crippen LogP contribution in [0, 0.1) is 5.41 Å². The van der Waals surface area contributed by atoms with Crippen LogP contribution >= 0.6 is 24.2 Å². The Hall–Kier alpha value is 0.0700. The highest BCUT2D eigenvalue weighted by atomic mass is 35.5. The summed E-state index contributed by atoms with van der Waals surface area (Å²) in [5.41, 5.74) is 0.305. The summed E-state index contributed by atoms with van der Waals surface area (Å²) in [6, 6.07) is 0. The molecule has 0 bridgehead atoms. The summed E-state index contributed by atoms with van der Waals surface area (Å²) in [5.74, 6) is 0.742. The molecule has 3 nitrogen and oxygen atoms in total. The Bertz CT molecular complexity index is 196. The zero-order valence-corrected chi connectivity index (χ0v) is 11.1. The molecule has 5 heteroatoms. The van der Waals surface area contributed by atoms with Crippen LogP contribution in [0.15, 0.2) is 0 Å². The van der Waals surface area contributed by atoms with Crippen molar-refractivity contribution < 1.29 is 4.79 Å². The molecule has 1 aliphatic rings. The van der Waals surface area contributed by atoms with Crippen molar-refractivity contribution in [2.24, 2.45) is 5.41 Å². The second kappa shape index (κ2) is 7.36. The fraction of sp³-hybridized carbons (Fsp3) is 0.900. The molecule has 1 heterocycles. The standard InChI is InChI=1S/C10H20N2OS.ClH/c1-10(3-5-11-6-4-10)8-12-9(13)7-14-2;/h11H,3-8H2,1-2H3,(H,12,13);1H. The number of hydrogen-bond donors (Lipinski definition) is 2. The minimum Gasteiger partial charge on any atom is -0.355 e. The van der Waals surface area contributed by atoms with Gasteiger partial charge in [0.05, 0.1) is 5.75 Å². The van der Waals surface area contributed by atoms with Crippen molar-refractivity contribution in [2.45, 2.75) is 19.8 Å². The molecule has 0 aromatic carbocycles. The van der Waals surface area contributed by atoms with Gasteiger partial charge >= 0.3 is 0 Å². The van der Waals surface area contributed by atoms with Crippen molar-refractivity contribution in [1.82, 2.24) is 10.6 Å². The van der Waals surface area contributed by atoms with Gasteiger partial charge in [-0.25, -0.2) is 0 Å². The van der Waals surface area contributed by atoms with Gasteiger partial charge < -0.3 is 10.6 Å². The van der Waals surface area contributed by atoms with Gasteiger partial charge in [0.15, 0.2) is 0 Å². The summed E-state index contributed by atoms with van der Waals surface area (Å²) in [6.45, 7) is 5.24. The highest BCUT2D eigenvalue weighted by Gasteiger charge is 2.26. The fourth-order valence-corrected chi connectivity index (χ4v) is 2.07. The van der Waals surface area contributed by atoms with Crippen LogP contribution in [0.1, 0.15) is 19.8 Å². The Morgan fingerprint density at radius 3 is 2.60 bits per heavy atom. The van der Waals surface area contributed by atoms with Crippen LogP contribution in [-0.4, -0.2) is 37.6 Å². The van der Waals surface area contributed by atoms with Crippen molar-refractivity contribution in [3.63, 3.8) is 0 Å². The smallest absolute Gasteiger partial charge is 0.230 e. The lowest BCUT2D eigenvalue weighted by Crippen LogP contribution is -2.43. The SMILES string of the molecule is CSCC(=O)NCC1(C)CCNCC1.Cl. The second-order valence-corrected chi connectivity index (χ2v) is 5.14. The second-order valence-electron chi connectivity index (χ2n) is 4.27. The minimum atomic E-state index is 0. The van der Waals surface area contributed by atoms with E-state index in [1.165, 1.54) is 0 Å². The Labute approximate surface area is 103 Å². The molecule has 0 spiro atoms. The molecular weight excluding hydrogens is 232 g/mol. The molecule has 1 aliphatic heterocycles. The monoisotopic (exact) mass is 252 g/mol. The van der Waals surface area contributed by atoms with E-state index in [4.69, 9.17) is 0 Å². The lowest BCUT2D eigenvalue weighted by Gasteiger charge is -2.34. The lowest BCUT2D eigenvalue weighted by molar-refractivity contribution is -0.119. The number of rotatable bonds is 4. The van der Waals surface area contributed by atoms with Gasteiger partial charge in [-0.2, -0.15) is 11.8 Å². The molecule has 1 rings (SSSR count). The van der Waals surface area contributed by atoms with Crippen LogP contribution in [0.5, 0.6) is 0 Å². The van der Waals surface area contributed by atoms with Gasteiger partial charge in [-0.3, -0.25) is 4.79 Å². The van der Waals surface area contributed by atoms with Gasteiger partial charge in [0.25, 0.3) is 0 Å². The first-order chi connectivity index (χ1) is 6.66. The molecule has 2 N–H and O–H groups in total. The molecule has 0 saturated carbocycles. The van der Waals surface area contributed by atoms with Crippen LogP contribution in [0.25, 0.3) is 0 Å². The predicted octanol–water partition coefficient (Wildman–Crippen LogP) is 1.28. The van der Waals surface area contributed by atoms with E-state index in [2.05, 4.69) is 17.6 Å². The van der Waals surface area contributed by atoms with E-state index in [1.54, 1.807) is 11.8 Å². The van der Waals surface area contributed by atoms with E-state index in [0.717, 1.165) is 32.5 Å². The molecule has 0 aromatic rings. The zero-order chi connectivity index (χ0) is 10.4. The van der Waals surface area contributed by atoms with E-state index in [9.17, 15) is 4.79 Å². The molecule has 1 fully saturated rings. The third-order valence-corrected chi connectivity index (χ3v) is 3.35. The summed E-state index contributed by atoms with van der Waals surface area (Å²) < 4.78 is 0. The van der Waals surface area contributed by atoms with E-state index in [0.29, 0.717) is 11.2 Å². The summed E-state index contributed by atoms with van der Waals surface area (Å²) in [7, 11) is 0. The molecule has 15 heavy (non-hydrogen) atoms. The number of piperidine rings is 1. The van der Waals surface area contributed by atoms with Gasteiger partial charge in [-0.1, -0.05) is 6.92 Å². The molecule has 1 saturated heterocycles. The number of hydrogen-bond acceptors (Lipinski definition) is 3. The number of halogens is 1. The van der Waals surface area contributed by atoms with Crippen molar-refractivity contribution >= 4 is 30.1 Å². The maximum absolute atomic E-state index is 11.3. The van der Waals surface area contributed by atoms with Crippen LogP contribution in [0.2, 0.25) is 0 Å². The topological polar surface area (TPSA) is 41.1 Å². The van der Waals surface area contributed by atoms with E-state index < -0.39 is 0 Å². The summed E-state index contributed by atoms with van der Waals surface area (Å²) >= 11 is 1.57. The van der Waals surface area contributed by atoms with Gasteiger partial charge in [0.1, 0.15) is 0 Å². The van der Waals surface area contributed by atoms with Crippen LogP contribution < -0.4 is 10.6 Å². The van der Waals surface area contributed by atoms with Crippen LogP contribution in [-0.2, 0) is 4.79 Å². The lowest BCUT2D eigenvalue weighted by atomic mass is 9.81. The molecule has 90 valence electrons. The first kappa shape index (κ1) is 15.1. The van der Waals surface area contributed by atoms with E-state index >= 15 is 0 Å². The number of carbonyl (C=O) groups excluding carboxylic acids is 1. The molecule has 1 amide bonds. The molecule has 0 aromatic heterocycles. The Balaban J connectivity index is 0.00000196. The molecule has 0 atom stereocenters. The van der Waals surface area contributed by atoms with Crippen molar-refractivity contribution in [1.29, 1.82) is 0 Å². The molecule has 0 aliphatic carbocycles. The number of nitrogens with one attached hydrogen (secondary N) is 2. The summed E-state index contributed by atoms with van der Waals surface area (Å²) in [6.07, 6.45) is 4.27. The molecular formula is C10H21ClN2OS. The minimum absolute atomic E-state index is 0. The van der Waals surface area contributed by atoms with E-state index in [-0.39, 0.29) is 18.3 Å². The van der Waals surface area contributed by atoms with Gasteiger partial charge in [-0.15, -0.1) is 12.4 Å². The largest absolute Gasteiger partial charge is 0.355 e. The Morgan fingerprint density at radius 1 is 1.47 bits per heavy atom. The highest BCUT2D eigenvalue weighted by molar-refractivity contribution is 7.99. The fourth-order valence-electron chi connectivity index (χ4n) is 1.70. The van der Waals surface area contributed by atoms with Gasteiger partial charge in [0, 0.05) is 6.54 Å². The predicted molar refractivity (Wildman–Crippen MR) is 68.9 cm³/mol. The van der Waals surface area contributed by atoms with Crippen molar-refractivity contribution in [3.05, 3.63) is 0 Å². The van der Waals surface area contributed by atoms with Crippen molar-refractivity contribution in [2.75, 3.05) is 31.6 Å². The third-order valence-electron chi connectivity index (χ3n) is 2.80. The number of carbonyl (C=O) groups is 1. The van der Waals surface area contributed by atoms with Gasteiger partial charge in [0.2, 0.25) is 5.91 Å². The third kappa shape index (κ3) is 5.64. The summed E-state index contributed by atoms with van der Waals surface area (Å²) in [5, 5.41) is 6.34. The number of thioether (sulfide) groups is 1. The number of amides is 1. The Kier molecular flexibility index (Phi) is 7.40. The first-order valence-electron chi connectivity index (χ1n) is 5.13. The first-order valence-corrected chi connectivity index (χ1v) is 6.52.